The summed E-state index contributed by atoms with van der Waals surface area (Å²) in [6.45, 7) is 1.44. The van der Waals surface area contributed by atoms with Crippen LogP contribution in [0.15, 0.2) is 78.0 Å². The van der Waals surface area contributed by atoms with E-state index in [4.69, 9.17) is 9.72 Å². The van der Waals surface area contributed by atoms with Crippen molar-refractivity contribution in [3.63, 3.8) is 0 Å². The molecule has 5 rings (SSSR count). The summed E-state index contributed by atoms with van der Waals surface area (Å²) in [5, 5.41) is 15.8. The van der Waals surface area contributed by atoms with Crippen molar-refractivity contribution in [3.8, 4) is 17.1 Å². The molecule has 2 N–H and O–H groups in total. The molecule has 5 aromatic rings. The molecule has 0 aliphatic carbocycles. The highest BCUT2D eigenvalue weighted by Crippen LogP contribution is 2.30. The normalized spacial score (nSPS) is 10.9. The number of ether oxygens (including phenoxy) is 1. The SMILES string of the molecule is COc1ccc(-c2nc3ccccc3c3nnc(SCC(=O)Nc4ccc(NC(C)=O)cc4)n23)cc1. The lowest BCUT2D eigenvalue weighted by molar-refractivity contribution is -0.114. The van der Waals surface area contributed by atoms with E-state index in [1.165, 1.54) is 18.7 Å². The molecular weight excluding hydrogens is 476 g/mol. The first-order valence-electron chi connectivity index (χ1n) is 11.1. The molecule has 2 amide bonds. The average Bonchev–Trinajstić information content (AvgIpc) is 3.32. The molecule has 3 aromatic carbocycles. The van der Waals surface area contributed by atoms with Gasteiger partial charge < -0.3 is 15.4 Å². The maximum atomic E-state index is 12.7. The van der Waals surface area contributed by atoms with Crippen LogP contribution in [0.3, 0.4) is 0 Å². The molecule has 0 saturated heterocycles. The number of anilines is 2. The van der Waals surface area contributed by atoms with Crippen LogP contribution in [0.4, 0.5) is 11.4 Å². The Morgan fingerprint density at radius 3 is 2.31 bits per heavy atom. The Hall–Kier alpha value is -4.44. The molecule has 2 aromatic heterocycles. The Kier molecular flexibility index (Phi) is 6.50. The fourth-order valence-electron chi connectivity index (χ4n) is 3.75. The number of amides is 2. The number of thioether (sulfide) groups is 1. The maximum Gasteiger partial charge on any atom is 0.234 e. The molecule has 0 fully saturated rings. The number of fused-ring (bicyclic) bond motifs is 3. The standard InChI is InChI=1S/C26H22N6O3S/c1-16(33)27-18-9-11-19(12-10-18)28-23(34)15-36-26-31-30-25-21-5-3-4-6-22(21)29-24(32(25)26)17-7-13-20(35-2)14-8-17/h3-14H,15H2,1-2H3,(H,27,33)(H,28,34). The number of benzene rings is 3. The largest absolute Gasteiger partial charge is 0.497 e. The summed E-state index contributed by atoms with van der Waals surface area (Å²) in [5.41, 5.74) is 3.64. The maximum absolute atomic E-state index is 12.7. The van der Waals surface area contributed by atoms with Gasteiger partial charge in [0.1, 0.15) is 11.6 Å². The van der Waals surface area contributed by atoms with Gasteiger partial charge in [0.25, 0.3) is 0 Å². The number of hydrogen-bond acceptors (Lipinski definition) is 7. The van der Waals surface area contributed by atoms with Crippen LogP contribution in [-0.4, -0.2) is 44.3 Å². The molecule has 0 unspecified atom stereocenters. The van der Waals surface area contributed by atoms with Crippen LogP contribution in [0.5, 0.6) is 5.75 Å². The molecule has 9 nitrogen and oxygen atoms in total. The topological polar surface area (TPSA) is 111 Å². The predicted molar refractivity (Wildman–Crippen MR) is 140 cm³/mol. The van der Waals surface area contributed by atoms with Crippen LogP contribution in [0.2, 0.25) is 0 Å². The monoisotopic (exact) mass is 498 g/mol. The molecule has 0 bridgehead atoms. The van der Waals surface area contributed by atoms with Gasteiger partial charge in [-0.3, -0.25) is 14.0 Å². The van der Waals surface area contributed by atoms with Crippen molar-refractivity contribution in [1.29, 1.82) is 0 Å². The molecule has 0 aliphatic heterocycles. The Bertz CT molecular complexity index is 1570. The van der Waals surface area contributed by atoms with Crippen LogP contribution < -0.4 is 15.4 Å². The molecule has 0 spiro atoms. The van der Waals surface area contributed by atoms with Crippen LogP contribution in [0.1, 0.15) is 6.92 Å². The highest BCUT2D eigenvalue weighted by Gasteiger charge is 2.18. The minimum absolute atomic E-state index is 0.128. The summed E-state index contributed by atoms with van der Waals surface area (Å²) in [5.74, 6) is 1.20. The molecule has 0 saturated carbocycles. The molecule has 10 heteroatoms. The van der Waals surface area contributed by atoms with Gasteiger partial charge in [-0.2, -0.15) is 0 Å². The van der Waals surface area contributed by atoms with Crippen LogP contribution >= 0.6 is 11.8 Å². The van der Waals surface area contributed by atoms with E-state index in [1.54, 1.807) is 31.4 Å². The second-order valence-electron chi connectivity index (χ2n) is 7.92. The highest BCUT2D eigenvalue weighted by atomic mass is 32.2. The highest BCUT2D eigenvalue weighted by molar-refractivity contribution is 7.99. The number of carbonyl (C=O) groups excluding carboxylic acids is 2. The number of para-hydroxylation sites is 1. The summed E-state index contributed by atoms with van der Waals surface area (Å²) in [4.78, 5) is 28.7. The first-order chi connectivity index (χ1) is 17.5. The van der Waals surface area contributed by atoms with Crippen molar-refractivity contribution in [2.24, 2.45) is 0 Å². The zero-order valence-corrected chi connectivity index (χ0v) is 20.4. The van der Waals surface area contributed by atoms with Gasteiger partial charge in [-0.15, -0.1) is 10.2 Å². The van der Waals surface area contributed by atoms with Gasteiger partial charge in [0, 0.05) is 29.2 Å². The second kappa shape index (κ2) is 10.0. The lowest BCUT2D eigenvalue weighted by atomic mass is 10.1. The van der Waals surface area contributed by atoms with E-state index >= 15 is 0 Å². The number of nitrogens with zero attached hydrogens (tertiary/aromatic N) is 4. The van der Waals surface area contributed by atoms with E-state index in [-0.39, 0.29) is 17.6 Å². The van der Waals surface area contributed by atoms with Crippen LogP contribution in [0, 0.1) is 0 Å². The van der Waals surface area contributed by atoms with E-state index in [0.29, 0.717) is 28.0 Å². The number of nitrogens with one attached hydrogen (secondary N) is 2. The summed E-state index contributed by atoms with van der Waals surface area (Å²) >= 11 is 1.28. The minimum atomic E-state index is -0.191. The summed E-state index contributed by atoms with van der Waals surface area (Å²) < 4.78 is 7.17. The Labute approximate surface area is 210 Å². The molecule has 0 atom stereocenters. The molecule has 0 aliphatic rings. The number of hydrogen-bond donors (Lipinski definition) is 2. The zero-order valence-electron chi connectivity index (χ0n) is 19.6. The Morgan fingerprint density at radius 2 is 1.61 bits per heavy atom. The van der Waals surface area contributed by atoms with Gasteiger partial charge in [0.15, 0.2) is 10.8 Å². The molecule has 0 radical (unpaired) electrons. The van der Waals surface area contributed by atoms with Crippen molar-refractivity contribution < 1.29 is 14.3 Å². The van der Waals surface area contributed by atoms with Crippen molar-refractivity contribution in [1.82, 2.24) is 19.6 Å². The summed E-state index contributed by atoms with van der Waals surface area (Å²) in [6.07, 6.45) is 0. The van der Waals surface area contributed by atoms with Gasteiger partial charge in [-0.1, -0.05) is 23.9 Å². The van der Waals surface area contributed by atoms with Crippen molar-refractivity contribution >= 4 is 51.5 Å². The third kappa shape index (κ3) is 4.84. The van der Waals surface area contributed by atoms with E-state index in [0.717, 1.165) is 22.2 Å². The zero-order chi connectivity index (χ0) is 25.1. The second-order valence-corrected chi connectivity index (χ2v) is 8.86. The number of rotatable bonds is 7. The van der Waals surface area contributed by atoms with Gasteiger partial charge in [0.2, 0.25) is 11.8 Å². The predicted octanol–water partition coefficient (Wildman–Crippen LogP) is 4.64. The third-order valence-electron chi connectivity index (χ3n) is 5.39. The molecular formula is C26H22N6O3S. The van der Waals surface area contributed by atoms with Gasteiger partial charge >= 0.3 is 0 Å². The minimum Gasteiger partial charge on any atom is -0.497 e. The van der Waals surface area contributed by atoms with E-state index in [2.05, 4.69) is 20.8 Å². The first-order valence-corrected chi connectivity index (χ1v) is 12.1. The molecule has 180 valence electrons. The van der Waals surface area contributed by atoms with Gasteiger partial charge in [-0.25, -0.2) is 4.98 Å². The third-order valence-corrected chi connectivity index (χ3v) is 6.32. The summed E-state index contributed by atoms with van der Waals surface area (Å²) in [6, 6.07) is 22.3. The molecule has 2 heterocycles. The summed E-state index contributed by atoms with van der Waals surface area (Å²) in [7, 11) is 1.62. The lowest BCUT2D eigenvalue weighted by Gasteiger charge is -2.10. The Balaban J connectivity index is 1.42. The number of aromatic nitrogens is 4. The number of methoxy groups -OCH3 is 1. The fourth-order valence-corrected chi connectivity index (χ4v) is 4.49. The van der Waals surface area contributed by atoms with Gasteiger partial charge in [-0.05, 0) is 60.7 Å². The van der Waals surface area contributed by atoms with Crippen LogP contribution in [0.25, 0.3) is 27.9 Å². The average molecular weight is 499 g/mol. The Morgan fingerprint density at radius 1 is 0.917 bits per heavy atom. The van der Waals surface area contributed by atoms with E-state index < -0.39 is 0 Å². The van der Waals surface area contributed by atoms with Crippen molar-refractivity contribution in [2.75, 3.05) is 23.5 Å². The molecule has 36 heavy (non-hydrogen) atoms. The van der Waals surface area contributed by atoms with Gasteiger partial charge in [0.05, 0.1) is 18.4 Å². The fraction of sp³-hybridized carbons (Fsp3) is 0.115. The van der Waals surface area contributed by atoms with E-state index in [1.807, 2.05) is 52.9 Å². The smallest absolute Gasteiger partial charge is 0.234 e. The van der Waals surface area contributed by atoms with Crippen molar-refractivity contribution in [2.45, 2.75) is 12.1 Å². The van der Waals surface area contributed by atoms with Crippen molar-refractivity contribution in [3.05, 3.63) is 72.8 Å². The van der Waals surface area contributed by atoms with Crippen LogP contribution in [-0.2, 0) is 9.59 Å². The van der Waals surface area contributed by atoms with E-state index in [9.17, 15) is 9.59 Å². The lowest BCUT2D eigenvalue weighted by Crippen LogP contribution is -2.14. The quantitative estimate of drug-likeness (QED) is 0.315. The first kappa shape index (κ1) is 23.3. The number of carbonyl (C=O) groups is 2.